The number of piperidine rings is 1. The summed E-state index contributed by atoms with van der Waals surface area (Å²) in [5.41, 5.74) is -0.379. The van der Waals surface area contributed by atoms with E-state index in [9.17, 15) is 18.3 Å². The SMILES string of the molecule is Cc1noc(C)c1S(=O)(=O)N1CCCC(C)(C)C1C(=O)O. The van der Waals surface area contributed by atoms with Crippen molar-refractivity contribution in [1.82, 2.24) is 9.46 Å². The molecule has 0 aliphatic carbocycles. The van der Waals surface area contributed by atoms with Crippen molar-refractivity contribution in [2.75, 3.05) is 6.54 Å². The maximum absolute atomic E-state index is 12.9. The Morgan fingerprint density at radius 2 is 2.05 bits per heavy atom. The topological polar surface area (TPSA) is 101 Å². The number of carboxylic acids is 1. The number of rotatable bonds is 3. The molecule has 1 aliphatic rings. The van der Waals surface area contributed by atoms with Crippen LogP contribution in [0.15, 0.2) is 9.42 Å². The second-order valence-corrected chi connectivity index (χ2v) is 7.93. The van der Waals surface area contributed by atoms with E-state index in [1.165, 1.54) is 13.8 Å². The van der Waals surface area contributed by atoms with Gasteiger partial charge in [0, 0.05) is 6.54 Å². The van der Waals surface area contributed by atoms with Gasteiger partial charge in [-0.2, -0.15) is 4.31 Å². The molecular weight excluding hydrogens is 296 g/mol. The summed E-state index contributed by atoms with van der Waals surface area (Å²) in [5, 5.41) is 13.2. The molecule has 0 aromatic carbocycles. The molecule has 0 bridgehead atoms. The zero-order valence-corrected chi connectivity index (χ0v) is 13.4. The molecule has 2 rings (SSSR count). The average molecular weight is 316 g/mol. The van der Waals surface area contributed by atoms with Crippen LogP contribution < -0.4 is 0 Å². The predicted molar refractivity (Wildman–Crippen MR) is 74.3 cm³/mol. The van der Waals surface area contributed by atoms with Crippen LogP contribution in [-0.4, -0.2) is 41.5 Å². The van der Waals surface area contributed by atoms with Crippen molar-refractivity contribution in [2.45, 2.75) is 51.5 Å². The number of sulfonamides is 1. The van der Waals surface area contributed by atoms with Crippen LogP contribution in [0, 0.1) is 19.3 Å². The first-order chi connectivity index (χ1) is 9.59. The van der Waals surface area contributed by atoms with E-state index < -0.39 is 27.4 Å². The molecular formula is C13H20N2O5S. The predicted octanol–water partition coefficient (Wildman–Crippen LogP) is 1.56. The second-order valence-electron chi connectivity index (χ2n) is 6.10. The molecule has 1 unspecified atom stereocenters. The molecule has 1 aromatic heterocycles. The van der Waals surface area contributed by atoms with Gasteiger partial charge in [0.2, 0.25) is 10.0 Å². The molecule has 1 fully saturated rings. The average Bonchev–Trinajstić information content (AvgIpc) is 2.67. The highest BCUT2D eigenvalue weighted by Crippen LogP contribution is 2.39. The van der Waals surface area contributed by atoms with Crippen molar-refractivity contribution in [1.29, 1.82) is 0 Å². The van der Waals surface area contributed by atoms with Gasteiger partial charge in [-0.15, -0.1) is 0 Å². The number of carboxylic acid groups (broad SMARTS) is 1. The van der Waals surface area contributed by atoms with E-state index in [0.717, 1.165) is 4.31 Å². The number of hydrogen-bond donors (Lipinski definition) is 1. The molecule has 1 aromatic rings. The van der Waals surface area contributed by atoms with Crippen LogP contribution in [-0.2, 0) is 14.8 Å². The van der Waals surface area contributed by atoms with Gasteiger partial charge in [0.1, 0.15) is 16.6 Å². The molecule has 0 radical (unpaired) electrons. The van der Waals surface area contributed by atoms with Crippen molar-refractivity contribution >= 4 is 16.0 Å². The maximum Gasteiger partial charge on any atom is 0.322 e. The fourth-order valence-electron chi connectivity index (χ4n) is 3.02. The molecule has 0 amide bonds. The van der Waals surface area contributed by atoms with E-state index in [1.807, 2.05) is 0 Å². The third-order valence-electron chi connectivity index (χ3n) is 4.00. The second kappa shape index (κ2) is 5.10. The number of aliphatic carboxylic acids is 1. The molecule has 1 atom stereocenters. The molecule has 2 heterocycles. The number of nitrogens with zero attached hydrogens (tertiary/aromatic N) is 2. The van der Waals surface area contributed by atoms with E-state index in [4.69, 9.17) is 4.52 Å². The molecule has 1 aliphatic heterocycles. The summed E-state index contributed by atoms with van der Waals surface area (Å²) >= 11 is 0. The smallest absolute Gasteiger partial charge is 0.322 e. The van der Waals surface area contributed by atoms with E-state index in [-0.39, 0.29) is 22.9 Å². The van der Waals surface area contributed by atoms with Gasteiger partial charge in [-0.3, -0.25) is 4.79 Å². The first-order valence-electron chi connectivity index (χ1n) is 6.76. The monoisotopic (exact) mass is 316 g/mol. The Balaban J connectivity index is 2.55. The summed E-state index contributed by atoms with van der Waals surface area (Å²) in [5.74, 6) is -0.949. The Hall–Kier alpha value is -1.41. The lowest BCUT2D eigenvalue weighted by Crippen LogP contribution is -2.56. The first-order valence-corrected chi connectivity index (χ1v) is 8.20. The third kappa shape index (κ3) is 2.57. The third-order valence-corrected chi connectivity index (χ3v) is 6.11. The van der Waals surface area contributed by atoms with Crippen LogP contribution >= 0.6 is 0 Å². The van der Waals surface area contributed by atoms with Crippen molar-refractivity contribution in [3.05, 3.63) is 11.5 Å². The number of aryl methyl sites for hydroxylation is 2. The fourth-order valence-corrected chi connectivity index (χ4v) is 5.09. The minimum Gasteiger partial charge on any atom is -0.480 e. The van der Waals surface area contributed by atoms with E-state index >= 15 is 0 Å². The summed E-state index contributed by atoms with van der Waals surface area (Å²) in [6.45, 7) is 6.79. The largest absolute Gasteiger partial charge is 0.480 e. The van der Waals surface area contributed by atoms with Gasteiger partial charge < -0.3 is 9.63 Å². The maximum atomic E-state index is 12.9. The van der Waals surface area contributed by atoms with Gasteiger partial charge in [0.05, 0.1) is 0 Å². The number of carbonyl (C=O) groups is 1. The van der Waals surface area contributed by atoms with E-state index in [1.54, 1.807) is 13.8 Å². The quantitative estimate of drug-likeness (QED) is 0.908. The normalized spacial score (nSPS) is 23.1. The van der Waals surface area contributed by atoms with Crippen molar-refractivity contribution in [3.8, 4) is 0 Å². The van der Waals surface area contributed by atoms with Crippen LogP contribution in [0.2, 0.25) is 0 Å². The van der Waals surface area contributed by atoms with Crippen molar-refractivity contribution < 1.29 is 22.8 Å². The lowest BCUT2D eigenvalue weighted by Gasteiger charge is -2.42. The van der Waals surface area contributed by atoms with E-state index in [2.05, 4.69) is 5.16 Å². The lowest BCUT2D eigenvalue weighted by molar-refractivity contribution is -0.147. The number of hydrogen-bond acceptors (Lipinski definition) is 5. The highest BCUT2D eigenvalue weighted by molar-refractivity contribution is 7.89. The molecule has 0 saturated carbocycles. The number of aromatic nitrogens is 1. The lowest BCUT2D eigenvalue weighted by atomic mass is 9.77. The zero-order chi connectivity index (χ0) is 16.0. The van der Waals surface area contributed by atoms with Gasteiger partial charge in [0.25, 0.3) is 0 Å². The minimum atomic E-state index is -3.95. The Kier molecular flexibility index (Phi) is 3.88. The standard InChI is InChI=1S/C13H20N2O5S/c1-8-10(9(2)20-14-8)21(18,19)15-7-5-6-13(3,4)11(15)12(16)17/h11H,5-7H2,1-4H3,(H,16,17). The Morgan fingerprint density at radius 3 is 2.52 bits per heavy atom. The summed E-state index contributed by atoms with van der Waals surface area (Å²) < 4.78 is 31.7. The highest BCUT2D eigenvalue weighted by Gasteiger charge is 2.48. The Morgan fingerprint density at radius 1 is 1.43 bits per heavy atom. The Labute approximate surface area is 124 Å². The first kappa shape index (κ1) is 16.0. The van der Waals surface area contributed by atoms with Crippen LogP contribution in [0.5, 0.6) is 0 Å². The van der Waals surface area contributed by atoms with Gasteiger partial charge in [-0.25, -0.2) is 8.42 Å². The fraction of sp³-hybridized carbons (Fsp3) is 0.692. The van der Waals surface area contributed by atoms with E-state index in [0.29, 0.717) is 12.8 Å². The van der Waals surface area contributed by atoms with Crippen LogP contribution in [0.3, 0.4) is 0 Å². The molecule has 7 nitrogen and oxygen atoms in total. The summed E-state index contributed by atoms with van der Waals surface area (Å²) in [4.78, 5) is 11.6. The van der Waals surface area contributed by atoms with Gasteiger partial charge >= 0.3 is 5.97 Å². The molecule has 1 N–H and O–H groups in total. The van der Waals surface area contributed by atoms with Crippen LogP contribution in [0.25, 0.3) is 0 Å². The Bertz CT molecular complexity index is 643. The summed E-state index contributed by atoms with van der Waals surface area (Å²) in [6, 6.07) is -1.09. The van der Waals surface area contributed by atoms with Crippen LogP contribution in [0.4, 0.5) is 0 Å². The highest BCUT2D eigenvalue weighted by atomic mass is 32.2. The van der Waals surface area contributed by atoms with Crippen LogP contribution in [0.1, 0.15) is 38.1 Å². The molecule has 0 spiro atoms. The minimum absolute atomic E-state index is 0.0218. The van der Waals surface area contributed by atoms with Gasteiger partial charge in [0.15, 0.2) is 5.76 Å². The summed E-state index contributed by atoms with van der Waals surface area (Å²) in [6.07, 6.45) is 1.29. The van der Waals surface area contributed by atoms with Crippen molar-refractivity contribution in [3.63, 3.8) is 0 Å². The zero-order valence-electron chi connectivity index (χ0n) is 12.6. The van der Waals surface area contributed by atoms with Gasteiger partial charge in [-0.05, 0) is 32.1 Å². The molecule has 118 valence electrons. The molecule has 8 heteroatoms. The van der Waals surface area contributed by atoms with Crippen molar-refractivity contribution in [2.24, 2.45) is 5.41 Å². The van der Waals surface area contributed by atoms with Gasteiger partial charge in [-0.1, -0.05) is 19.0 Å². The summed E-state index contributed by atoms with van der Waals surface area (Å²) in [7, 11) is -3.95. The molecule has 21 heavy (non-hydrogen) atoms. The molecule has 1 saturated heterocycles.